The third-order valence-corrected chi connectivity index (χ3v) is 11.4. The molecule has 0 aliphatic carbocycles. The van der Waals surface area contributed by atoms with E-state index in [-0.39, 0.29) is 16.6 Å². The number of unbranched alkanes of at least 4 members (excludes halogenated alkanes) is 2. The van der Waals surface area contributed by atoms with Gasteiger partial charge in [0.2, 0.25) is 5.69 Å². The summed E-state index contributed by atoms with van der Waals surface area (Å²) in [6.45, 7) is 10.8. The van der Waals surface area contributed by atoms with Crippen LogP contribution in [0.25, 0.3) is 21.5 Å². The average Bonchev–Trinajstić information content (AvgIpc) is 3.44. The minimum absolute atomic E-state index is 0.136. The van der Waals surface area contributed by atoms with Gasteiger partial charge < -0.3 is 9.45 Å². The lowest BCUT2D eigenvalue weighted by molar-refractivity contribution is -0.438. The molecule has 0 bridgehead atoms. The Morgan fingerprint density at radius 1 is 0.740 bits per heavy atom. The summed E-state index contributed by atoms with van der Waals surface area (Å²) in [4.78, 5) is 2.30. The van der Waals surface area contributed by atoms with E-state index < -0.39 is 10.1 Å². The first kappa shape index (κ1) is 35.9. The van der Waals surface area contributed by atoms with Gasteiger partial charge in [-0.1, -0.05) is 98.8 Å². The molecule has 0 aromatic heterocycles. The van der Waals surface area contributed by atoms with E-state index in [1.165, 1.54) is 44.1 Å². The summed E-state index contributed by atoms with van der Waals surface area (Å²) in [5.41, 5.74) is 7.19. The summed E-state index contributed by atoms with van der Waals surface area (Å²) in [7, 11) is -4.23. The highest BCUT2D eigenvalue weighted by Crippen LogP contribution is 2.51. The molecule has 0 atom stereocenters. The second-order valence-electron chi connectivity index (χ2n) is 14.4. The summed E-state index contributed by atoms with van der Waals surface area (Å²) in [6.07, 6.45) is 18.1. The smallest absolute Gasteiger partial charge is 0.210 e. The highest BCUT2D eigenvalue weighted by atomic mass is 32.2. The van der Waals surface area contributed by atoms with E-state index in [0.717, 1.165) is 36.5 Å². The quantitative estimate of drug-likeness (QED) is 0.0459. The van der Waals surface area contributed by atoms with Gasteiger partial charge in [0.1, 0.15) is 12.3 Å². The largest absolute Gasteiger partial charge is 0.748 e. The van der Waals surface area contributed by atoms with Gasteiger partial charge in [-0.25, -0.2) is 8.42 Å². The average molecular weight is 706 g/mol. The van der Waals surface area contributed by atoms with Gasteiger partial charge in [-0.3, -0.25) is 0 Å². The molecule has 0 N–H and O–H groups in total. The molecule has 7 heteroatoms. The molecule has 5 nitrogen and oxygen atoms in total. The lowest BCUT2D eigenvalue weighted by atomic mass is 9.79. The minimum Gasteiger partial charge on any atom is -0.748 e. The Kier molecular flexibility index (Phi) is 10.6. The molecule has 6 rings (SSSR count). The maximum Gasteiger partial charge on any atom is 0.210 e. The molecule has 50 heavy (non-hydrogen) atoms. The molecule has 0 saturated heterocycles. The summed E-state index contributed by atoms with van der Waals surface area (Å²) < 4.78 is 36.3. The van der Waals surface area contributed by atoms with Crippen molar-refractivity contribution in [2.24, 2.45) is 0 Å². The Hall–Kier alpha value is -3.91. The van der Waals surface area contributed by atoms with E-state index in [2.05, 4.69) is 165 Å². The molecular formula is C43H49N2O3S2+. The van der Waals surface area contributed by atoms with Crippen molar-refractivity contribution >= 4 is 61.4 Å². The van der Waals surface area contributed by atoms with Crippen molar-refractivity contribution in [1.82, 2.24) is 0 Å². The van der Waals surface area contributed by atoms with Crippen molar-refractivity contribution in [3.8, 4) is 0 Å². The van der Waals surface area contributed by atoms with Crippen LogP contribution in [0.1, 0.15) is 64.5 Å². The number of hydrogen-bond donors (Lipinski definition) is 0. The van der Waals surface area contributed by atoms with Gasteiger partial charge in [-0.2, -0.15) is 4.58 Å². The van der Waals surface area contributed by atoms with Crippen LogP contribution >= 0.6 is 0 Å². The van der Waals surface area contributed by atoms with Gasteiger partial charge in [0.25, 0.3) is 0 Å². The third-order valence-electron chi connectivity index (χ3n) is 10.3. The van der Waals surface area contributed by atoms with Crippen molar-refractivity contribution in [1.29, 1.82) is 0 Å². The summed E-state index contributed by atoms with van der Waals surface area (Å²) >= 11 is 3.66. The minimum atomic E-state index is -4.23. The summed E-state index contributed by atoms with van der Waals surface area (Å²) in [5.74, 6) is 0.668. The van der Waals surface area contributed by atoms with Crippen molar-refractivity contribution in [2.45, 2.75) is 64.2 Å². The zero-order chi connectivity index (χ0) is 35.5. The number of rotatable bonds is 13. The first-order valence-electron chi connectivity index (χ1n) is 17.7. The molecule has 2 aliphatic heterocycles. The second kappa shape index (κ2) is 14.7. The zero-order valence-electron chi connectivity index (χ0n) is 29.7. The first-order valence-corrected chi connectivity index (χ1v) is 20.0. The molecule has 4 aromatic rings. The van der Waals surface area contributed by atoms with Crippen molar-refractivity contribution < 1.29 is 17.5 Å². The Balaban J connectivity index is 1.25. The standard InChI is InChI=1S/C43H48N2O3S2/c1-42(2)38(44(28-14-16-30-49)36-26-24-32-18-10-12-20-34(32)40(36)42)22-8-6-5-7-9-23-39-43(3,4)41-35-21-13-11-19-33(35)25-27-37(41)45(39)29-15-17-31-50(46,47)48/h5-13,18-27H,14-17,28-31H2,1-4H3,(H-,46,47,48,49)/p+1. The van der Waals surface area contributed by atoms with Gasteiger partial charge in [-0.05, 0) is 91.1 Å². The van der Waals surface area contributed by atoms with Crippen LogP contribution in [-0.4, -0.2) is 47.9 Å². The molecule has 260 valence electrons. The number of allylic oxidation sites excluding steroid dienone is 8. The highest BCUT2D eigenvalue weighted by Gasteiger charge is 2.45. The van der Waals surface area contributed by atoms with Crippen LogP contribution in [0.4, 0.5) is 11.4 Å². The molecule has 0 spiro atoms. The van der Waals surface area contributed by atoms with E-state index >= 15 is 0 Å². The highest BCUT2D eigenvalue weighted by molar-refractivity contribution is 7.85. The van der Waals surface area contributed by atoms with E-state index in [4.69, 9.17) is 0 Å². The fourth-order valence-corrected chi connectivity index (χ4v) is 8.79. The summed E-state index contributed by atoms with van der Waals surface area (Å²) in [6, 6.07) is 26.0. The lowest BCUT2D eigenvalue weighted by Crippen LogP contribution is -2.28. The van der Waals surface area contributed by atoms with Crippen LogP contribution < -0.4 is 4.90 Å². The van der Waals surface area contributed by atoms with E-state index in [9.17, 15) is 13.0 Å². The Morgan fingerprint density at radius 3 is 2.08 bits per heavy atom. The lowest BCUT2D eigenvalue weighted by Gasteiger charge is -2.27. The molecule has 0 fully saturated rings. The monoisotopic (exact) mass is 705 g/mol. The van der Waals surface area contributed by atoms with E-state index in [0.29, 0.717) is 19.4 Å². The van der Waals surface area contributed by atoms with Crippen molar-refractivity contribution in [3.05, 3.63) is 132 Å². The van der Waals surface area contributed by atoms with Crippen LogP contribution in [0.15, 0.2) is 121 Å². The SMILES string of the molecule is CC1(C)C(/C=C/C=C/C=C/C=C2/N(CCCCS(=O)(=O)[O-])c3ccc4ccccc4c3C2(C)C)=[N+](CCCC[SH2+])c2ccc3ccccc3c21. The normalized spacial score (nSPS) is 17.8. The number of hydrogen-bond acceptors (Lipinski definition) is 4. The molecule has 0 saturated carbocycles. The number of anilines is 1. The third kappa shape index (κ3) is 7.14. The molecule has 0 radical (unpaired) electrons. The number of nitrogens with zero attached hydrogens (tertiary/aromatic N) is 2. The molecular weight excluding hydrogens is 657 g/mol. The maximum absolute atomic E-state index is 11.3. The van der Waals surface area contributed by atoms with Gasteiger partial charge >= 0.3 is 0 Å². The first-order chi connectivity index (χ1) is 23.9. The van der Waals surface area contributed by atoms with Crippen LogP contribution in [0.3, 0.4) is 0 Å². The predicted octanol–water partition coefficient (Wildman–Crippen LogP) is 8.84. The Labute approximate surface area is 303 Å². The Bertz CT molecular complexity index is 2170. The fraction of sp³-hybridized carbons (Fsp3) is 0.326. The molecule has 2 aliphatic rings. The van der Waals surface area contributed by atoms with Crippen LogP contribution in [0, 0.1) is 0 Å². The predicted molar refractivity (Wildman–Crippen MR) is 215 cm³/mol. The fourth-order valence-electron chi connectivity index (χ4n) is 7.98. The van der Waals surface area contributed by atoms with Crippen LogP contribution in [0.5, 0.6) is 0 Å². The van der Waals surface area contributed by atoms with Crippen LogP contribution in [-0.2, 0) is 33.6 Å². The van der Waals surface area contributed by atoms with Gasteiger partial charge in [-0.15, -0.1) is 0 Å². The molecule has 4 aromatic carbocycles. The number of benzene rings is 4. The topological polar surface area (TPSA) is 63.4 Å². The van der Waals surface area contributed by atoms with Crippen LogP contribution in [0.2, 0.25) is 0 Å². The van der Waals surface area contributed by atoms with Crippen molar-refractivity contribution in [3.63, 3.8) is 0 Å². The Morgan fingerprint density at radius 2 is 1.38 bits per heavy atom. The number of fused-ring (bicyclic) bond motifs is 6. The van der Waals surface area contributed by atoms with Crippen molar-refractivity contribution in [2.75, 3.05) is 29.5 Å². The molecule has 0 unspecified atom stereocenters. The van der Waals surface area contributed by atoms with Gasteiger partial charge in [0, 0.05) is 53.2 Å². The van der Waals surface area contributed by atoms with E-state index in [1.807, 2.05) is 0 Å². The van der Waals surface area contributed by atoms with Gasteiger partial charge in [0.05, 0.1) is 15.5 Å². The second-order valence-corrected chi connectivity index (χ2v) is 16.4. The molecule has 0 amide bonds. The van der Waals surface area contributed by atoms with E-state index in [1.54, 1.807) is 0 Å². The maximum atomic E-state index is 11.3. The summed E-state index contributed by atoms with van der Waals surface area (Å²) in [5, 5.41) is 5.02. The zero-order valence-corrected chi connectivity index (χ0v) is 31.5. The molecule has 2 heterocycles. The van der Waals surface area contributed by atoms with Gasteiger partial charge in [0.15, 0.2) is 5.71 Å².